The average Bonchev–Trinajstić information content (AvgIpc) is 3.33. The van der Waals surface area contributed by atoms with E-state index in [1.165, 1.54) is 6.07 Å². The molecule has 152 valence electrons. The lowest BCUT2D eigenvalue weighted by Crippen LogP contribution is -2.13. The molecule has 0 fully saturated rings. The predicted octanol–water partition coefficient (Wildman–Crippen LogP) is 4.85. The molecule has 0 atom stereocenters. The van der Waals surface area contributed by atoms with E-state index in [4.69, 9.17) is 4.42 Å². The van der Waals surface area contributed by atoms with E-state index in [9.17, 15) is 9.18 Å². The van der Waals surface area contributed by atoms with Crippen molar-refractivity contribution in [1.29, 1.82) is 0 Å². The van der Waals surface area contributed by atoms with Gasteiger partial charge in [0.2, 0.25) is 5.91 Å². The maximum Gasteiger partial charge on any atom is 0.224 e. The summed E-state index contributed by atoms with van der Waals surface area (Å²) in [5.74, 6) is 0.440. The first-order valence-electron chi connectivity index (χ1n) is 9.63. The molecule has 1 amide bonds. The molecule has 0 unspecified atom stereocenters. The summed E-state index contributed by atoms with van der Waals surface area (Å²) >= 11 is 0. The number of oxazole rings is 1. The molecule has 4 aromatic rings. The van der Waals surface area contributed by atoms with E-state index >= 15 is 0 Å². The van der Waals surface area contributed by atoms with Crippen molar-refractivity contribution in [2.45, 2.75) is 26.7 Å². The van der Waals surface area contributed by atoms with E-state index in [2.05, 4.69) is 15.4 Å². The summed E-state index contributed by atoms with van der Waals surface area (Å²) < 4.78 is 21.8. The Bertz CT molecular complexity index is 1180. The van der Waals surface area contributed by atoms with Crippen LogP contribution in [0.25, 0.3) is 17.0 Å². The maximum absolute atomic E-state index is 14.6. The van der Waals surface area contributed by atoms with Crippen molar-refractivity contribution in [3.05, 3.63) is 83.9 Å². The molecular weight excluding hydrogens is 383 g/mol. The van der Waals surface area contributed by atoms with Crippen molar-refractivity contribution >= 4 is 11.6 Å². The lowest BCUT2D eigenvalue weighted by Gasteiger charge is -2.09. The SMILES string of the molecule is Cc1cc(C)n(-c2ccc(NC(=O)CCc3ncc(-c4ccccc4)o3)cc2F)n1. The van der Waals surface area contributed by atoms with Crippen molar-refractivity contribution in [3.63, 3.8) is 0 Å². The molecule has 0 aliphatic carbocycles. The van der Waals surface area contributed by atoms with Crippen LogP contribution in [-0.4, -0.2) is 20.7 Å². The van der Waals surface area contributed by atoms with Gasteiger partial charge in [0.05, 0.1) is 11.9 Å². The smallest absolute Gasteiger partial charge is 0.224 e. The van der Waals surface area contributed by atoms with Crippen LogP contribution in [0, 0.1) is 19.7 Å². The van der Waals surface area contributed by atoms with E-state index in [-0.39, 0.29) is 12.3 Å². The number of hydrogen-bond donors (Lipinski definition) is 1. The van der Waals surface area contributed by atoms with Gasteiger partial charge in [0.15, 0.2) is 17.5 Å². The fourth-order valence-electron chi connectivity index (χ4n) is 3.23. The summed E-state index contributed by atoms with van der Waals surface area (Å²) in [7, 11) is 0. The summed E-state index contributed by atoms with van der Waals surface area (Å²) in [6, 6.07) is 16.1. The van der Waals surface area contributed by atoms with E-state index in [1.54, 1.807) is 23.0 Å². The molecule has 0 spiro atoms. The monoisotopic (exact) mass is 404 g/mol. The van der Waals surface area contributed by atoms with E-state index in [0.29, 0.717) is 29.4 Å². The minimum atomic E-state index is -0.459. The molecule has 7 heteroatoms. The maximum atomic E-state index is 14.6. The largest absolute Gasteiger partial charge is 0.441 e. The number of aryl methyl sites for hydroxylation is 3. The number of hydrogen-bond acceptors (Lipinski definition) is 4. The minimum absolute atomic E-state index is 0.176. The van der Waals surface area contributed by atoms with Crippen LogP contribution in [0.15, 0.2) is 65.2 Å². The third kappa shape index (κ3) is 4.30. The van der Waals surface area contributed by atoms with Gasteiger partial charge in [-0.2, -0.15) is 5.10 Å². The second-order valence-corrected chi connectivity index (χ2v) is 7.04. The second-order valence-electron chi connectivity index (χ2n) is 7.04. The lowest BCUT2D eigenvalue weighted by atomic mass is 10.2. The third-order valence-electron chi connectivity index (χ3n) is 4.65. The van der Waals surface area contributed by atoms with Crippen LogP contribution in [0.4, 0.5) is 10.1 Å². The highest BCUT2D eigenvalue weighted by molar-refractivity contribution is 5.90. The number of carbonyl (C=O) groups excluding carboxylic acids is 1. The first-order chi connectivity index (χ1) is 14.5. The van der Waals surface area contributed by atoms with Gasteiger partial charge in [-0.05, 0) is 38.1 Å². The molecule has 0 saturated heterocycles. The van der Waals surface area contributed by atoms with Gasteiger partial charge in [-0.15, -0.1) is 0 Å². The van der Waals surface area contributed by atoms with Crippen LogP contribution >= 0.6 is 0 Å². The Labute approximate surface area is 173 Å². The van der Waals surface area contributed by atoms with Crippen molar-refractivity contribution < 1.29 is 13.6 Å². The number of nitrogens with one attached hydrogen (secondary N) is 1. The first-order valence-corrected chi connectivity index (χ1v) is 9.63. The molecule has 2 aromatic carbocycles. The number of aromatic nitrogens is 3. The van der Waals surface area contributed by atoms with Crippen LogP contribution in [0.5, 0.6) is 0 Å². The fourth-order valence-corrected chi connectivity index (χ4v) is 3.23. The van der Waals surface area contributed by atoms with Gasteiger partial charge in [0.25, 0.3) is 0 Å². The number of benzene rings is 2. The Morgan fingerprint density at radius 2 is 1.93 bits per heavy atom. The number of halogens is 1. The Balaban J connectivity index is 1.37. The Morgan fingerprint density at radius 1 is 1.13 bits per heavy atom. The zero-order valence-electron chi connectivity index (χ0n) is 16.7. The predicted molar refractivity (Wildman–Crippen MR) is 112 cm³/mol. The summed E-state index contributed by atoms with van der Waals surface area (Å²) in [6.45, 7) is 3.72. The van der Waals surface area contributed by atoms with Crippen molar-refractivity contribution in [2.75, 3.05) is 5.32 Å². The molecule has 30 heavy (non-hydrogen) atoms. The van der Waals surface area contributed by atoms with Gasteiger partial charge in [0, 0.05) is 29.8 Å². The second kappa shape index (κ2) is 8.32. The summed E-state index contributed by atoms with van der Waals surface area (Å²) in [5, 5.41) is 7.00. The quantitative estimate of drug-likeness (QED) is 0.498. The molecule has 1 N–H and O–H groups in total. The molecule has 4 rings (SSSR count). The van der Waals surface area contributed by atoms with Crippen LogP contribution in [0.3, 0.4) is 0 Å². The van der Waals surface area contributed by atoms with E-state index < -0.39 is 5.82 Å². The highest BCUT2D eigenvalue weighted by atomic mass is 19.1. The summed E-state index contributed by atoms with van der Waals surface area (Å²) in [6.07, 6.45) is 2.18. The summed E-state index contributed by atoms with van der Waals surface area (Å²) in [4.78, 5) is 16.5. The standard InChI is InChI=1S/C23H21FN4O2/c1-15-12-16(2)28(27-15)20-9-8-18(13-19(20)24)26-22(29)10-11-23-25-14-21(30-23)17-6-4-3-5-7-17/h3-9,12-14H,10-11H2,1-2H3,(H,26,29). The van der Waals surface area contributed by atoms with E-state index in [0.717, 1.165) is 17.0 Å². The molecule has 2 aromatic heterocycles. The molecule has 0 aliphatic heterocycles. The van der Waals surface area contributed by atoms with Gasteiger partial charge in [-0.1, -0.05) is 30.3 Å². The average molecular weight is 404 g/mol. The van der Waals surface area contributed by atoms with Crippen molar-refractivity contribution in [3.8, 4) is 17.0 Å². The minimum Gasteiger partial charge on any atom is -0.441 e. The van der Waals surface area contributed by atoms with Crippen LogP contribution in [0.1, 0.15) is 23.7 Å². The number of amides is 1. The van der Waals surface area contributed by atoms with E-state index in [1.807, 2.05) is 50.2 Å². The number of carbonyl (C=O) groups is 1. The third-order valence-corrected chi connectivity index (χ3v) is 4.65. The van der Waals surface area contributed by atoms with Crippen molar-refractivity contribution in [2.24, 2.45) is 0 Å². The topological polar surface area (TPSA) is 73.0 Å². The lowest BCUT2D eigenvalue weighted by molar-refractivity contribution is -0.116. The Morgan fingerprint density at radius 3 is 2.63 bits per heavy atom. The molecule has 0 aliphatic rings. The Kier molecular flexibility index (Phi) is 5.43. The van der Waals surface area contributed by atoms with Crippen LogP contribution in [-0.2, 0) is 11.2 Å². The number of nitrogens with zero attached hydrogens (tertiary/aromatic N) is 3. The van der Waals surface area contributed by atoms with Crippen molar-refractivity contribution in [1.82, 2.24) is 14.8 Å². The van der Waals surface area contributed by atoms with Gasteiger partial charge >= 0.3 is 0 Å². The zero-order chi connectivity index (χ0) is 21.1. The summed E-state index contributed by atoms with van der Waals surface area (Å²) in [5.41, 5.74) is 3.31. The van der Waals surface area contributed by atoms with Gasteiger partial charge < -0.3 is 9.73 Å². The Hall–Kier alpha value is -3.74. The molecule has 2 heterocycles. The van der Waals surface area contributed by atoms with Gasteiger partial charge in [-0.3, -0.25) is 4.79 Å². The van der Waals surface area contributed by atoms with Gasteiger partial charge in [-0.25, -0.2) is 14.1 Å². The fraction of sp³-hybridized carbons (Fsp3) is 0.174. The van der Waals surface area contributed by atoms with Crippen LogP contribution < -0.4 is 5.32 Å². The normalized spacial score (nSPS) is 10.9. The van der Waals surface area contributed by atoms with Gasteiger partial charge in [0.1, 0.15) is 5.69 Å². The molecule has 0 radical (unpaired) electrons. The zero-order valence-corrected chi connectivity index (χ0v) is 16.7. The highest BCUT2D eigenvalue weighted by Crippen LogP contribution is 2.22. The van der Waals surface area contributed by atoms with Crippen LogP contribution in [0.2, 0.25) is 0 Å². The molecule has 0 bridgehead atoms. The first kappa shape index (κ1) is 19.6. The number of rotatable bonds is 6. The highest BCUT2D eigenvalue weighted by Gasteiger charge is 2.12. The molecular formula is C23H21FN4O2. The molecule has 6 nitrogen and oxygen atoms in total. The molecule has 0 saturated carbocycles. The number of anilines is 1.